The monoisotopic (exact) mass is 370 g/mol. The summed E-state index contributed by atoms with van der Waals surface area (Å²) in [6, 6.07) is 11.2. The van der Waals surface area contributed by atoms with Crippen molar-refractivity contribution in [1.29, 1.82) is 0 Å². The molecule has 2 amide bonds. The molecule has 0 saturated carbocycles. The molecule has 1 aromatic carbocycles. The number of anilines is 1. The average Bonchev–Trinajstić information content (AvgIpc) is 3.30. The lowest BCUT2D eigenvalue weighted by atomic mass is 10.2. The van der Waals surface area contributed by atoms with Crippen LogP contribution in [0.2, 0.25) is 0 Å². The first-order valence-corrected chi connectivity index (χ1v) is 9.31. The highest BCUT2D eigenvalue weighted by Crippen LogP contribution is 2.32. The first kappa shape index (κ1) is 16.8. The summed E-state index contributed by atoms with van der Waals surface area (Å²) in [5.74, 6) is -0.224. The van der Waals surface area contributed by atoms with Gasteiger partial charge in [-0.1, -0.05) is 18.2 Å². The predicted octanol–water partition coefficient (Wildman–Crippen LogP) is 3.15. The lowest BCUT2D eigenvalue weighted by Crippen LogP contribution is -2.40. The number of hydrogen-bond acceptors (Lipinski definition) is 5. The van der Waals surface area contributed by atoms with E-state index < -0.39 is 0 Å². The minimum atomic E-state index is -0.226. The number of morpholine rings is 1. The standard InChI is InChI=1S/C19H18N2O4S/c22-16(12-13-4-3-11-26-13)20-17-14-5-1-2-6-15(14)25-18(17)19(23)21-7-9-24-10-8-21/h1-6,11H,7-10,12H2,(H,20,22). The first-order chi connectivity index (χ1) is 12.7. The van der Waals surface area contributed by atoms with E-state index in [4.69, 9.17) is 9.15 Å². The molecule has 7 heteroatoms. The van der Waals surface area contributed by atoms with Crippen molar-refractivity contribution in [2.24, 2.45) is 0 Å². The number of fused-ring (bicyclic) bond motifs is 1. The number of ether oxygens (including phenoxy) is 1. The fourth-order valence-electron chi connectivity index (χ4n) is 2.99. The van der Waals surface area contributed by atoms with Gasteiger partial charge in [-0.05, 0) is 23.6 Å². The number of hydrogen-bond donors (Lipinski definition) is 1. The number of carbonyl (C=O) groups is 2. The number of benzene rings is 1. The quantitative estimate of drug-likeness (QED) is 0.766. The Morgan fingerprint density at radius 3 is 2.69 bits per heavy atom. The molecule has 0 unspecified atom stereocenters. The van der Waals surface area contributed by atoms with E-state index in [1.54, 1.807) is 11.0 Å². The zero-order valence-corrected chi connectivity index (χ0v) is 14.9. The second-order valence-electron chi connectivity index (χ2n) is 6.01. The summed E-state index contributed by atoms with van der Waals surface area (Å²) in [7, 11) is 0. The molecule has 2 aromatic heterocycles. The molecule has 26 heavy (non-hydrogen) atoms. The van der Waals surface area contributed by atoms with E-state index in [-0.39, 0.29) is 24.0 Å². The average molecular weight is 370 g/mol. The van der Waals surface area contributed by atoms with E-state index in [1.165, 1.54) is 11.3 Å². The minimum Gasteiger partial charge on any atom is -0.449 e. The van der Waals surface area contributed by atoms with Crippen LogP contribution in [-0.4, -0.2) is 43.0 Å². The molecule has 1 saturated heterocycles. The van der Waals surface area contributed by atoms with Crippen molar-refractivity contribution in [3.05, 3.63) is 52.4 Å². The molecule has 0 spiro atoms. The minimum absolute atomic E-state index is 0.171. The maximum Gasteiger partial charge on any atom is 0.291 e. The van der Waals surface area contributed by atoms with Crippen molar-refractivity contribution in [2.75, 3.05) is 31.6 Å². The van der Waals surface area contributed by atoms with Crippen LogP contribution in [0.15, 0.2) is 46.2 Å². The van der Waals surface area contributed by atoms with Gasteiger partial charge in [-0.15, -0.1) is 11.3 Å². The molecule has 3 aromatic rings. The Labute approximate surface area is 154 Å². The number of para-hydroxylation sites is 1. The molecule has 4 rings (SSSR count). The number of nitrogens with zero attached hydrogens (tertiary/aromatic N) is 1. The molecule has 0 radical (unpaired) electrons. The highest BCUT2D eigenvalue weighted by Gasteiger charge is 2.27. The van der Waals surface area contributed by atoms with Gasteiger partial charge < -0.3 is 19.4 Å². The second kappa shape index (κ2) is 7.31. The Hall–Kier alpha value is -2.64. The van der Waals surface area contributed by atoms with Crippen LogP contribution in [0.25, 0.3) is 11.0 Å². The number of amides is 2. The van der Waals surface area contributed by atoms with Gasteiger partial charge in [0, 0.05) is 23.4 Å². The molecule has 1 fully saturated rings. The smallest absolute Gasteiger partial charge is 0.291 e. The second-order valence-corrected chi connectivity index (χ2v) is 7.04. The van der Waals surface area contributed by atoms with Crippen molar-refractivity contribution < 1.29 is 18.7 Å². The molecule has 0 bridgehead atoms. The topological polar surface area (TPSA) is 71.8 Å². The van der Waals surface area contributed by atoms with Crippen LogP contribution in [-0.2, 0) is 16.0 Å². The summed E-state index contributed by atoms with van der Waals surface area (Å²) < 4.78 is 11.1. The maximum atomic E-state index is 12.9. The molecule has 0 aliphatic carbocycles. The zero-order valence-electron chi connectivity index (χ0n) is 14.1. The third-order valence-corrected chi connectivity index (χ3v) is 5.14. The summed E-state index contributed by atoms with van der Waals surface area (Å²) in [6.07, 6.45) is 0.266. The molecule has 3 heterocycles. The first-order valence-electron chi connectivity index (χ1n) is 8.43. The Morgan fingerprint density at radius 2 is 1.92 bits per heavy atom. The van der Waals surface area contributed by atoms with Gasteiger partial charge in [-0.3, -0.25) is 9.59 Å². The van der Waals surface area contributed by atoms with Gasteiger partial charge in [0.15, 0.2) is 0 Å². The van der Waals surface area contributed by atoms with Crippen LogP contribution >= 0.6 is 11.3 Å². The van der Waals surface area contributed by atoms with E-state index in [9.17, 15) is 9.59 Å². The summed E-state index contributed by atoms with van der Waals surface area (Å²) in [4.78, 5) is 28.1. The molecule has 1 aliphatic rings. The highest BCUT2D eigenvalue weighted by atomic mass is 32.1. The van der Waals surface area contributed by atoms with Crippen molar-refractivity contribution in [1.82, 2.24) is 4.90 Å². The fourth-order valence-corrected chi connectivity index (χ4v) is 3.69. The van der Waals surface area contributed by atoms with Crippen molar-refractivity contribution >= 4 is 39.8 Å². The molecular weight excluding hydrogens is 352 g/mol. The Balaban J connectivity index is 1.65. The normalized spacial score (nSPS) is 14.5. The predicted molar refractivity (Wildman–Crippen MR) is 99.6 cm³/mol. The summed E-state index contributed by atoms with van der Waals surface area (Å²) in [5.41, 5.74) is 1.02. The SMILES string of the molecule is O=C(Cc1cccs1)Nc1c(C(=O)N2CCOCC2)oc2ccccc12. The van der Waals surface area contributed by atoms with Gasteiger partial charge in [0.1, 0.15) is 11.3 Å². The van der Waals surface area contributed by atoms with Crippen molar-refractivity contribution in [2.45, 2.75) is 6.42 Å². The van der Waals surface area contributed by atoms with E-state index in [0.717, 1.165) is 10.3 Å². The van der Waals surface area contributed by atoms with Crippen LogP contribution in [0, 0.1) is 0 Å². The molecule has 0 atom stereocenters. The highest BCUT2D eigenvalue weighted by molar-refractivity contribution is 7.10. The van der Waals surface area contributed by atoms with Gasteiger partial charge in [-0.25, -0.2) is 0 Å². The van der Waals surface area contributed by atoms with E-state index in [2.05, 4.69) is 5.32 Å². The Morgan fingerprint density at radius 1 is 1.12 bits per heavy atom. The lowest BCUT2D eigenvalue weighted by Gasteiger charge is -2.26. The summed E-state index contributed by atoms with van der Waals surface area (Å²) >= 11 is 1.53. The van der Waals surface area contributed by atoms with E-state index >= 15 is 0 Å². The van der Waals surface area contributed by atoms with Crippen molar-refractivity contribution in [3.63, 3.8) is 0 Å². The molecule has 1 aliphatic heterocycles. The Kier molecular flexibility index (Phi) is 4.73. The number of nitrogens with one attached hydrogen (secondary N) is 1. The van der Waals surface area contributed by atoms with Crippen LogP contribution < -0.4 is 5.32 Å². The zero-order chi connectivity index (χ0) is 17.9. The van der Waals surface area contributed by atoms with Crippen LogP contribution in [0.4, 0.5) is 5.69 Å². The third-order valence-electron chi connectivity index (χ3n) is 4.27. The Bertz CT molecular complexity index is 926. The van der Waals surface area contributed by atoms with Gasteiger partial charge in [0.25, 0.3) is 5.91 Å². The molecule has 6 nitrogen and oxygen atoms in total. The maximum absolute atomic E-state index is 12.9. The van der Waals surface area contributed by atoms with Crippen LogP contribution in [0.3, 0.4) is 0 Å². The third kappa shape index (κ3) is 3.36. The number of rotatable bonds is 4. The van der Waals surface area contributed by atoms with Crippen molar-refractivity contribution in [3.8, 4) is 0 Å². The van der Waals surface area contributed by atoms with Gasteiger partial charge in [0.05, 0.1) is 19.6 Å². The van der Waals surface area contributed by atoms with Gasteiger partial charge >= 0.3 is 0 Å². The number of carbonyl (C=O) groups excluding carboxylic acids is 2. The summed E-state index contributed by atoms with van der Waals surface area (Å²) in [6.45, 7) is 2.04. The van der Waals surface area contributed by atoms with E-state index in [0.29, 0.717) is 37.6 Å². The van der Waals surface area contributed by atoms with Crippen LogP contribution in [0.5, 0.6) is 0 Å². The van der Waals surface area contributed by atoms with Gasteiger partial charge in [0.2, 0.25) is 11.7 Å². The fraction of sp³-hybridized carbons (Fsp3) is 0.263. The molecular formula is C19H18N2O4S. The summed E-state index contributed by atoms with van der Waals surface area (Å²) in [5, 5.41) is 5.55. The van der Waals surface area contributed by atoms with Crippen LogP contribution in [0.1, 0.15) is 15.4 Å². The molecule has 134 valence electrons. The lowest BCUT2D eigenvalue weighted by molar-refractivity contribution is -0.115. The number of furan rings is 1. The van der Waals surface area contributed by atoms with E-state index in [1.807, 2.05) is 35.7 Å². The largest absolute Gasteiger partial charge is 0.449 e. The molecule has 1 N–H and O–H groups in total. The number of thiophene rings is 1. The van der Waals surface area contributed by atoms with Gasteiger partial charge in [-0.2, -0.15) is 0 Å².